The third kappa shape index (κ3) is 4.07. The number of ether oxygens (including phenoxy) is 1. The molecule has 1 unspecified atom stereocenters. The topological polar surface area (TPSA) is 75.9 Å². The maximum Gasteiger partial charge on any atom is 0.254 e. The van der Waals surface area contributed by atoms with E-state index in [4.69, 9.17) is 4.74 Å². The molecule has 1 aliphatic heterocycles. The Labute approximate surface area is 198 Å². The van der Waals surface area contributed by atoms with Crippen molar-refractivity contribution in [3.05, 3.63) is 72.7 Å². The average molecular weight is 457 g/mol. The van der Waals surface area contributed by atoms with Crippen molar-refractivity contribution < 1.29 is 9.53 Å². The Kier molecular flexibility index (Phi) is 6.12. The number of methoxy groups -OCH3 is 1. The number of piperazine rings is 1. The standard InChI is InChI=1S/C26H28N6O2/c1-3-22(19-7-5-4-6-8-19)25(33)31-15-13-30(14-16-31)24-23(17-27-26-28-18-29-32(24)26)20-9-11-21(34-2)12-10-20/h4-12,17-18,22H,3,13-16H2,1-2H3. The van der Waals surface area contributed by atoms with Gasteiger partial charge in [0.05, 0.1) is 13.0 Å². The highest BCUT2D eigenvalue weighted by atomic mass is 16.5. The van der Waals surface area contributed by atoms with E-state index in [9.17, 15) is 4.79 Å². The van der Waals surface area contributed by atoms with E-state index in [1.165, 1.54) is 6.33 Å². The van der Waals surface area contributed by atoms with E-state index < -0.39 is 0 Å². The molecule has 0 spiro atoms. The molecule has 2 aromatic carbocycles. The number of hydrogen-bond acceptors (Lipinski definition) is 6. The molecule has 3 heterocycles. The predicted molar refractivity (Wildman–Crippen MR) is 131 cm³/mol. The molecule has 2 aromatic heterocycles. The van der Waals surface area contributed by atoms with Crippen LogP contribution in [-0.2, 0) is 4.79 Å². The lowest BCUT2D eigenvalue weighted by molar-refractivity contribution is -0.133. The number of amides is 1. The number of carbonyl (C=O) groups is 1. The van der Waals surface area contributed by atoms with Crippen LogP contribution in [0.5, 0.6) is 5.75 Å². The summed E-state index contributed by atoms with van der Waals surface area (Å²) in [7, 11) is 1.66. The largest absolute Gasteiger partial charge is 0.497 e. The summed E-state index contributed by atoms with van der Waals surface area (Å²) >= 11 is 0. The molecular weight excluding hydrogens is 428 g/mol. The molecule has 4 aromatic rings. The summed E-state index contributed by atoms with van der Waals surface area (Å²) in [4.78, 5) is 26.4. The van der Waals surface area contributed by atoms with Gasteiger partial charge in [0.2, 0.25) is 5.91 Å². The zero-order chi connectivity index (χ0) is 23.5. The number of rotatable bonds is 6. The second-order valence-electron chi connectivity index (χ2n) is 8.38. The Morgan fingerprint density at radius 1 is 1.00 bits per heavy atom. The Bertz CT molecular complexity index is 1260. The maximum absolute atomic E-state index is 13.4. The van der Waals surface area contributed by atoms with Crippen LogP contribution < -0.4 is 9.64 Å². The number of hydrogen-bond donors (Lipinski definition) is 0. The zero-order valence-corrected chi connectivity index (χ0v) is 19.5. The van der Waals surface area contributed by atoms with E-state index in [-0.39, 0.29) is 11.8 Å². The first-order chi connectivity index (χ1) is 16.7. The number of carbonyl (C=O) groups excluding carboxylic acids is 1. The molecule has 0 radical (unpaired) electrons. The van der Waals surface area contributed by atoms with E-state index >= 15 is 0 Å². The van der Waals surface area contributed by atoms with Gasteiger partial charge in [0.1, 0.15) is 17.9 Å². The summed E-state index contributed by atoms with van der Waals surface area (Å²) in [6.45, 7) is 4.80. The molecule has 1 atom stereocenters. The molecule has 0 N–H and O–H groups in total. The fourth-order valence-electron chi connectivity index (χ4n) is 4.64. The molecule has 5 rings (SSSR count). The van der Waals surface area contributed by atoms with Crippen LogP contribution in [0, 0.1) is 0 Å². The fourth-order valence-corrected chi connectivity index (χ4v) is 4.64. The number of anilines is 1. The maximum atomic E-state index is 13.4. The predicted octanol–water partition coefficient (Wildman–Crippen LogP) is 3.64. The first kappa shape index (κ1) is 21.9. The minimum Gasteiger partial charge on any atom is -0.497 e. The molecule has 34 heavy (non-hydrogen) atoms. The van der Waals surface area contributed by atoms with Gasteiger partial charge in [-0.3, -0.25) is 4.79 Å². The van der Waals surface area contributed by atoms with E-state index in [1.807, 2.05) is 65.7 Å². The van der Waals surface area contributed by atoms with Gasteiger partial charge in [-0.05, 0) is 29.7 Å². The van der Waals surface area contributed by atoms with Crippen molar-refractivity contribution in [3.8, 4) is 16.9 Å². The number of nitrogens with zero attached hydrogens (tertiary/aromatic N) is 6. The van der Waals surface area contributed by atoms with Crippen molar-refractivity contribution in [2.75, 3.05) is 38.2 Å². The van der Waals surface area contributed by atoms with Gasteiger partial charge >= 0.3 is 0 Å². The minimum atomic E-state index is -0.106. The van der Waals surface area contributed by atoms with E-state index in [0.29, 0.717) is 32.0 Å². The molecule has 0 bridgehead atoms. The van der Waals surface area contributed by atoms with Gasteiger partial charge in [-0.15, -0.1) is 0 Å². The summed E-state index contributed by atoms with van der Waals surface area (Å²) in [6.07, 6.45) is 4.16. The van der Waals surface area contributed by atoms with Gasteiger partial charge in [-0.25, -0.2) is 4.98 Å². The molecule has 0 saturated carbocycles. The van der Waals surface area contributed by atoms with E-state index in [1.54, 1.807) is 11.6 Å². The Morgan fingerprint density at radius 2 is 1.74 bits per heavy atom. The smallest absolute Gasteiger partial charge is 0.254 e. The number of aromatic nitrogens is 4. The van der Waals surface area contributed by atoms with Crippen LogP contribution in [0.3, 0.4) is 0 Å². The van der Waals surface area contributed by atoms with Crippen LogP contribution >= 0.6 is 0 Å². The molecule has 1 saturated heterocycles. The monoisotopic (exact) mass is 456 g/mol. The molecule has 174 valence electrons. The van der Waals surface area contributed by atoms with Crippen molar-refractivity contribution in [2.24, 2.45) is 0 Å². The zero-order valence-electron chi connectivity index (χ0n) is 19.5. The van der Waals surface area contributed by atoms with Crippen LogP contribution in [-0.4, -0.2) is 63.7 Å². The van der Waals surface area contributed by atoms with Gasteiger partial charge < -0.3 is 14.5 Å². The van der Waals surface area contributed by atoms with Crippen LogP contribution in [0.1, 0.15) is 24.8 Å². The van der Waals surface area contributed by atoms with Gasteiger partial charge in [-0.1, -0.05) is 49.4 Å². The van der Waals surface area contributed by atoms with Crippen LogP contribution in [0.15, 0.2) is 67.1 Å². The fraction of sp³-hybridized carbons (Fsp3) is 0.308. The summed E-state index contributed by atoms with van der Waals surface area (Å²) in [5, 5.41) is 4.45. The van der Waals surface area contributed by atoms with E-state index in [2.05, 4.69) is 26.9 Å². The molecule has 1 aliphatic rings. The normalized spacial score (nSPS) is 14.9. The van der Waals surface area contributed by atoms with Crippen molar-refractivity contribution >= 4 is 17.5 Å². The first-order valence-corrected chi connectivity index (χ1v) is 11.6. The van der Waals surface area contributed by atoms with Crippen LogP contribution in [0.4, 0.5) is 5.82 Å². The lowest BCUT2D eigenvalue weighted by Crippen LogP contribution is -2.50. The summed E-state index contributed by atoms with van der Waals surface area (Å²) in [6, 6.07) is 18.0. The van der Waals surface area contributed by atoms with Gasteiger partial charge in [0, 0.05) is 37.9 Å². The number of benzene rings is 2. The summed E-state index contributed by atoms with van der Waals surface area (Å²) in [5.74, 6) is 2.39. The van der Waals surface area contributed by atoms with Crippen molar-refractivity contribution in [3.63, 3.8) is 0 Å². The highest BCUT2D eigenvalue weighted by Gasteiger charge is 2.29. The average Bonchev–Trinajstić information content (AvgIpc) is 3.38. The van der Waals surface area contributed by atoms with Gasteiger partial charge in [-0.2, -0.15) is 14.6 Å². The Balaban J connectivity index is 1.40. The second kappa shape index (κ2) is 9.51. The van der Waals surface area contributed by atoms with E-state index in [0.717, 1.165) is 34.7 Å². The highest BCUT2D eigenvalue weighted by Crippen LogP contribution is 2.32. The molecule has 1 fully saturated rings. The lowest BCUT2D eigenvalue weighted by atomic mass is 9.95. The summed E-state index contributed by atoms with van der Waals surface area (Å²) in [5.41, 5.74) is 3.07. The summed E-state index contributed by atoms with van der Waals surface area (Å²) < 4.78 is 7.10. The quantitative estimate of drug-likeness (QED) is 0.441. The molecule has 1 amide bonds. The Hall–Kier alpha value is -3.94. The first-order valence-electron chi connectivity index (χ1n) is 11.6. The molecular formula is C26H28N6O2. The van der Waals surface area contributed by atoms with Gasteiger partial charge in [0.25, 0.3) is 5.78 Å². The van der Waals surface area contributed by atoms with Crippen molar-refractivity contribution in [1.82, 2.24) is 24.5 Å². The Morgan fingerprint density at radius 3 is 2.41 bits per heavy atom. The molecule has 8 nitrogen and oxygen atoms in total. The van der Waals surface area contributed by atoms with Crippen LogP contribution in [0.25, 0.3) is 16.9 Å². The molecule has 0 aliphatic carbocycles. The van der Waals surface area contributed by atoms with Crippen molar-refractivity contribution in [1.29, 1.82) is 0 Å². The lowest BCUT2D eigenvalue weighted by Gasteiger charge is -2.38. The number of fused-ring (bicyclic) bond motifs is 1. The SMILES string of the molecule is CCC(C(=O)N1CCN(c2c(-c3ccc(OC)cc3)cnc3ncnn23)CC1)c1ccccc1. The third-order valence-electron chi connectivity index (χ3n) is 6.48. The second-order valence-corrected chi connectivity index (χ2v) is 8.38. The molecule has 8 heteroatoms. The van der Waals surface area contributed by atoms with Crippen LogP contribution in [0.2, 0.25) is 0 Å². The van der Waals surface area contributed by atoms with Gasteiger partial charge in [0.15, 0.2) is 0 Å². The van der Waals surface area contributed by atoms with Crippen molar-refractivity contribution in [2.45, 2.75) is 19.3 Å². The highest BCUT2D eigenvalue weighted by molar-refractivity contribution is 5.84. The third-order valence-corrected chi connectivity index (χ3v) is 6.48. The minimum absolute atomic E-state index is 0.106.